The van der Waals surface area contributed by atoms with E-state index in [1.54, 1.807) is 7.11 Å². The molecule has 1 aromatic carbocycles. The van der Waals surface area contributed by atoms with Gasteiger partial charge in [0.05, 0.1) is 19.0 Å². The number of aryl methyl sites for hydroxylation is 2. The predicted molar refractivity (Wildman–Crippen MR) is 72.8 cm³/mol. The summed E-state index contributed by atoms with van der Waals surface area (Å²) in [5, 5.41) is 0. The summed E-state index contributed by atoms with van der Waals surface area (Å²) >= 11 is 0. The highest BCUT2D eigenvalue weighted by Crippen LogP contribution is 2.28. The number of imidazole rings is 1. The van der Waals surface area contributed by atoms with Crippen molar-refractivity contribution in [2.75, 3.05) is 13.7 Å². The second kappa shape index (κ2) is 5.23. The molecule has 0 unspecified atom stereocenters. The summed E-state index contributed by atoms with van der Waals surface area (Å²) < 4.78 is 5.32. The first kappa shape index (κ1) is 12.6. The van der Waals surface area contributed by atoms with Crippen LogP contribution in [0, 0.1) is 13.8 Å². The average Bonchev–Trinajstić information content (AvgIpc) is 2.80. The molecule has 0 bridgehead atoms. The van der Waals surface area contributed by atoms with E-state index >= 15 is 0 Å². The third-order valence-electron chi connectivity index (χ3n) is 3.04. The van der Waals surface area contributed by atoms with Crippen molar-refractivity contribution in [3.63, 3.8) is 0 Å². The molecular weight excluding hydrogens is 226 g/mol. The Labute approximate surface area is 107 Å². The van der Waals surface area contributed by atoms with Crippen molar-refractivity contribution in [2.24, 2.45) is 5.73 Å². The zero-order chi connectivity index (χ0) is 13.1. The normalized spacial score (nSPS) is 10.7. The number of methoxy groups -OCH3 is 1. The molecule has 0 atom stereocenters. The van der Waals surface area contributed by atoms with Crippen LogP contribution in [0.5, 0.6) is 5.75 Å². The Hall–Kier alpha value is -1.81. The molecular formula is C14H19N3O. The van der Waals surface area contributed by atoms with Gasteiger partial charge >= 0.3 is 0 Å². The van der Waals surface area contributed by atoms with Gasteiger partial charge in [-0.15, -0.1) is 0 Å². The molecule has 96 valence electrons. The molecule has 4 nitrogen and oxygen atoms in total. The maximum absolute atomic E-state index is 5.52. The van der Waals surface area contributed by atoms with E-state index in [1.165, 1.54) is 5.56 Å². The van der Waals surface area contributed by atoms with Crippen LogP contribution >= 0.6 is 0 Å². The van der Waals surface area contributed by atoms with Crippen molar-refractivity contribution in [1.82, 2.24) is 9.97 Å². The number of aromatic amines is 1. The molecule has 0 fully saturated rings. The van der Waals surface area contributed by atoms with Crippen LogP contribution in [0.3, 0.4) is 0 Å². The predicted octanol–water partition coefficient (Wildman–Crippen LogP) is 2.20. The van der Waals surface area contributed by atoms with Crippen LogP contribution in [0.4, 0.5) is 0 Å². The molecule has 3 N–H and O–H groups in total. The highest BCUT2D eigenvalue weighted by molar-refractivity contribution is 5.66. The summed E-state index contributed by atoms with van der Waals surface area (Å²) in [5.74, 6) is 1.85. The van der Waals surface area contributed by atoms with Crippen molar-refractivity contribution in [3.8, 4) is 17.0 Å². The summed E-state index contributed by atoms with van der Waals surface area (Å²) in [6, 6.07) is 4.17. The van der Waals surface area contributed by atoms with Crippen molar-refractivity contribution in [2.45, 2.75) is 20.3 Å². The quantitative estimate of drug-likeness (QED) is 0.868. The van der Waals surface area contributed by atoms with Gasteiger partial charge in [0, 0.05) is 12.0 Å². The van der Waals surface area contributed by atoms with Crippen LogP contribution in [0.1, 0.15) is 17.0 Å². The van der Waals surface area contributed by atoms with Crippen molar-refractivity contribution < 1.29 is 4.74 Å². The lowest BCUT2D eigenvalue weighted by Crippen LogP contribution is -2.03. The maximum Gasteiger partial charge on any atom is 0.122 e. The van der Waals surface area contributed by atoms with Gasteiger partial charge in [0.1, 0.15) is 11.6 Å². The molecule has 1 aromatic heterocycles. The van der Waals surface area contributed by atoms with Gasteiger partial charge in [0.25, 0.3) is 0 Å². The molecule has 4 heteroatoms. The number of aromatic nitrogens is 2. The van der Waals surface area contributed by atoms with E-state index in [1.807, 2.05) is 19.2 Å². The van der Waals surface area contributed by atoms with Crippen LogP contribution in [-0.2, 0) is 6.42 Å². The second-order valence-corrected chi connectivity index (χ2v) is 4.42. The molecule has 2 aromatic rings. The molecule has 0 spiro atoms. The smallest absolute Gasteiger partial charge is 0.122 e. The molecule has 0 amide bonds. The average molecular weight is 245 g/mol. The molecule has 1 heterocycles. The van der Waals surface area contributed by atoms with E-state index in [4.69, 9.17) is 10.5 Å². The number of nitrogens with one attached hydrogen (secondary N) is 1. The SMILES string of the molecule is COc1cc(C)c(-c2cnc(CCN)[nH]2)cc1C. The zero-order valence-electron chi connectivity index (χ0n) is 11.1. The van der Waals surface area contributed by atoms with Crippen LogP contribution in [0.15, 0.2) is 18.3 Å². The van der Waals surface area contributed by atoms with Gasteiger partial charge in [-0.2, -0.15) is 0 Å². The summed E-state index contributed by atoms with van der Waals surface area (Å²) in [7, 11) is 1.69. The highest BCUT2D eigenvalue weighted by Gasteiger charge is 2.09. The topological polar surface area (TPSA) is 63.9 Å². The fourth-order valence-corrected chi connectivity index (χ4v) is 2.06. The minimum Gasteiger partial charge on any atom is -0.496 e. The first-order valence-corrected chi connectivity index (χ1v) is 6.05. The van der Waals surface area contributed by atoms with Gasteiger partial charge in [-0.1, -0.05) is 0 Å². The molecule has 0 saturated carbocycles. The highest BCUT2D eigenvalue weighted by atomic mass is 16.5. The van der Waals surface area contributed by atoms with Crippen LogP contribution in [-0.4, -0.2) is 23.6 Å². The molecule has 0 aliphatic rings. The van der Waals surface area contributed by atoms with E-state index < -0.39 is 0 Å². The van der Waals surface area contributed by atoms with Gasteiger partial charge in [0.2, 0.25) is 0 Å². The Morgan fingerprint density at radius 3 is 2.72 bits per heavy atom. The lowest BCUT2D eigenvalue weighted by atomic mass is 10.0. The van der Waals surface area contributed by atoms with Crippen LogP contribution < -0.4 is 10.5 Å². The van der Waals surface area contributed by atoms with Crippen LogP contribution in [0.25, 0.3) is 11.3 Å². The lowest BCUT2D eigenvalue weighted by Gasteiger charge is -2.10. The first-order valence-electron chi connectivity index (χ1n) is 6.05. The Morgan fingerprint density at radius 1 is 1.28 bits per heavy atom. The molecule has 2 rings (SSSR count). The van der Waals surface area contributed by atoms with Gasteiger partial charge < -0.3 is 15.5 Å². The monoisotopic (exact) mass is 245 g/mol. The number of hydrogen-bond acceptors (Lipinski definition) is 3. The first-order chi connectivity index (χ1) is 8.65. The number of ether oxygens (including phenoxy) is 1. The number of H-pyrrole nitrogens is 1. The van der Waals surface area contributed by atoms with Gasteiger partial charge in [-0.05, 0) is 43.7 Å². The molecule has 0 radical (unpaired) electrons. The van der Waals surface area contributed by atoms with Crippen molar-refractivity contribution in [3.05, 3.63) is 35.3 Å². The van der Waals surface area contributed by atoms with Gasteiger partial charge in [-0.3, -0.25) is 0 Å². The van der Waals surface area contributed by atoms with E-state index in [2.05, 4.69) is 23.0 Å². The van der Waals surface area contributed by atoms with E-state index in [-0.39, 0.29) is 0 Å². The van der Waals surface area contributed by atoms with Crippen molar-refractivity contribution >= 4 is 0 Å². The molecule has 18 heavy (non-hydrogen) atoms. The Kier molecular flexibility index (Phi) is 3.67. The van der Waals surface area contributed by atoms with Crippen molar-refractivity contribution in [1.29, 1.82) is 0 Å². The second-order valence-electron chi connectivity index (χ2n) is 4.42. The fraction of sp³-hybridized carbons (Fsp3) is 0.357. The third kappa shape index (κ3) is 2.38. The number of hydrogen-bond donors (Lipinski definition) is 2. The number of nitrogens with two attached hydrogens (primary N) is 1. The summed E-state index contributed by atoms with van der Waals surface area (Å²) in [4.78, 5) is 7.63. The standard InChI is InChI=1S/C14H19N3O/c1-9-7-13(18-3)10(2)6-11(9)12-8-16-14(17-12)4-5-15/h6-8H,4-5,15H2,1-3H3,(H,16,17). The number of rotatable bonds is 4. The Bertz CT molecular complexity index is 546. The molecule has 0 aliphatic carbocycles. The minimum absolute atomic E-state index is 0.605. The zero-order valence-corrected chi connectivity index (χ0v) is 11.1. The number of benzene rings is 1. The Balaban J connectivity index is 2.40. The lowest BCUT2D eigenvalue weighted by molar-refractivity contribution is 0.411. The maximum atomic E-state index is 5.52. The molecule has 0 aliphatic heterocycles. The summed E-state index contributed by atoms with van der Waals surface area (Å²) in [6.45, 7) is 4.72. The molecule has 0 saturated heterocycles. The fourth-order valence-electron chi connectivity index (χ4n) is 2.06. The van der Waals surface area contributed by atoms with Gasteiger partial charge in [0.15, 0.2) is 0 Å². The van der Waals surface area contributed by atoms with Gasteiger partial charge in [-0.25, -0.2) is 4.98 Å². The minimum atomic E-state index is 0.605. The summed E-state index contributed by atoms with van der Waals surface area (Å²) in [5.41, 5.74) is 10.00. The third-order valence-corrected chi connectivity index (χ3v) is 3.04. The number of nitrogens with zero attached hydrogens (tertiary/aromatic N) is 1. The van der Waals surface area contributed by atoms with E-state index in [0.29, 0.717) is 6.54 Å². The van der Waals surface area contributed by atoms with E-state index in [0.717, 1.165) is 34.8 Å². The largest absolute Gasteiger partial charge is 0.496 e. The summed E-state index contributed by atoms with van der Waals surface area (Å²) in [6.07, 6.45) is 2.63. The Morgan fingerprint density at radius 2 is 2.06 bits per heavy atom. The van der Waals surface area contributed by atoms with E-state index in [9.17, 15) is 0 Å². The van der Waals surface area contributed by atoms with Crippen LogP contribution in [0.2, 0.25) is 0 Å².